The molecule has 2 aromatic carbocycles. The molecule has 182 valence electrons. The summed E-state index contributed by atoms with van der Waals surface area (Å²) < 4.78 is 12.7. The normalized spacial score (nSPS) is 30.7. The van der Waals surface area contributed by atoms with Crippen LogP contribution in [-0.4, -0.2) is 37.7 Å². The van der Waals surface area contributed by atoms with Gasteiger partial charge in [-0.05, 0) is 86.1 Å². The highest BCUT2D eigenvalue weighted by Crippen LogP contribution is 2.57. The van der Waals surface area contributed by atoms with Crippen LogP contribution in [0.2, 0.25) is 0 Å². The molecular weight excluding hydrogens is 438 g/mol. The molecule has 2 saturated carbocycles. The Morgan fingerprint density at radius 1 is 1.06 bits per heavy atom. The van der Waals surface area contributed by atoms with Crippen molar-refractivity contribution in [2.45, 2.75) is 50.5 Å². The lowest BCUT2D eigenvalue weighted by Gasteiger charge is -2.53. The third-order valence-corrected chi connectivity index (χ3v) is 8.48. The summed E-state index contributed by atoms with van der Waals surface area (Å²) in [6, 6.07) is 18.4. The van der Waals surface area contributed by atoms with Crippen molar-refractivity contribution in [3.63, 3.8) is 0 Å². The fraction of sp³-hybridized carbons (Fsp3) is 0.483. The number of fused-ring (bicyclic) bond motifs is 3. The van der Waals surface area contributed by atoms with Gasteiger partial charge in [-0.15, -0.1) is 0 Å². The summed E-state index contributed by atoms with van der Waals surface area (Å²) in [6.45, 7) is 1.96. The molecule has 1 N–H and O–H groups in total. The summed E-state index contributed by atoms with van der Waals surface area (Å²) in [5.74, 6) is 2.59. The summed E-state index contributed by atoms with van der Waals surface area (Å²) in [6.07, 6.45) is 9.38. The van der Waals surface area contributed by atoms with Crippen LogP contribution in [0.1, 0.15) is 50.5 Å². The second kappa shape index (κ2) is 9.23. The van der Waals surface area contributed by atoms with Crippen LogP contribution in [0.15, 0.2) is 64.6 Å². The van der Waals surface area contributed by atoms with Crippen molar-refractivity contribution in [3.8, 4) is 11.5 Å². The molecule has 6 heteroatoms. The van der Waals surface area contributed by atoms with E-state index in [2.05, 4.69) is 33.5 Å². The molecule has 2 aliphatic carbocycles. The predicted octanol–water partition coefficient (Wildman–Crippen LogP) is 5.28. The summed E-state index contributed by atoms with van der Waals surface area (Å²) in [5.41, 5.74) is 2.26. The number of nitrogens with zero attached hydrogens (tertiary/aromatic N) is 2. The molecule has 2 saturated heterocycles. The minimum atomic E-state index is -0.188. The van der Waals surface area contributed by atoms with Crippen molar-refractivity contribution in [1.29, 1.82) is 0 Å². The van der Waals surface area contributed by atoms with E-state index in [-0.39, 0.29) is 22.8 Å². The van der Waals surface area contributed by atoms with Gasteiger partial charge < -0.3 is 14.8 Å². The Hall–Kier alpha value is -2.99. The van der Waals surface area contributed by atoms with Crippen molar-refractivity contribution in [2.75, 3.05) is 19.7 Å². The van der Waals surface area contributed by atoms with Crippen LogP contribution in [0.4, 0.5) is 0 Å². The molecule has 1 amide bonds. The Labute approximate surface area is 206 Å². The average molecular weight is 472 g/mol. The number of para-hydroxylation sites is 1. The Morgan fingerprint density at radius 3 is 2.63 bits per heavy atom. The van der Waals surface area contributed by atoms with E-state index in [9.17, 15) is 4.79 Å². The van der Waals surface area contributed by atoms with Crippen molar-refractivity contribution in [3.05, 3.63) is 60.2 Å². The summed E-state index contributed by atoms with van der Waals surface area (Å²) in [4.78, 5) is 20.7. The van der Waals surface area contributed by atoms with Crippen molar-refractivity contribution >= 4 is 18.0 Å². The number of carbonyl (C=O) groups excluding carboxylic acids is 1. The highest BCUT2D eigenvalue weighted by Gasteiger charge is 2.52. The van der Waals surface area contributed by atoms with E-state index < -0.39 is 0 Å². The highest BCUT2D eigenvalue weighted by molar-refractivity contribution is 5.99. The molecule has 7 rings (SSSR count). The van der Waals surface area contributed by atoms with Crippen molar-refractivity contribution in [2.24, 2.45) is 27.2 Å². The zero-order valence-electron chi connectivity index (χ0n) is 20.1. The second-order valence-corrected chi connectivity index (χ2v) is 10.7. The van der Waals surface area contributed by atoms with E-state index in [1.54, 1.807) is 6.34 Å². The number of aliphatic imine (C=N–C) groups is 2. The Morgan fingerprint density at radius 2 is 1.89 bits per heavy atom. The Bertz CT molecular complexity index is 1120. The molecule has 2 aromatic rings. The summed E-state index contributed by atoms with van der Waals surface area (Å²) >= 11 is 0. The third kappa shape index (κ3) is 4.76. The van der Waals surface area contributed by atoms with Gasteiger partial charge in [-0.1, -0.05) is 30.3 Å². The number of hydrogen-bond donors (Lipinski definition) is 1. The van der Waals surface area contributed by atoms with E-state index in [4.69, 9.17) is 9.47 Å². The van der Waals surface area contributed by atoms with E-state index in [1.165, 1.54) is 18.4 Å². The van der Waals surface area contributed by atoms with Gasteiger partial charge in [0.1, 0.15) is 17.8 Å². The first-order valence-corrected chi connectivity index (χ1v) is 12.9. The number of ether oxygens (including phenoxy) is 2. The number of rotatable bonds is 9. The molecule has 5 aliphatic rings. The number of benzene rings is 2. The molecule has 3 aliphatic heterocycles. The van der Waals surface area contributed by atoms with Gasteiger partial charge in [-0.3, -0.25) is 9.79 Å². The molecule has 0 unspecified atom stereocenters. The van der Waals surface area contributed by atoms with Crippen LogP contribution in [0.3, 0.4) is 0 Å². The topological polar surface area (TPSA) is 72.3 Å². The van der Waals surface area contributed by atoms with E-state index in [0.717, 1.165) is 55.9 Å². The van der Waals surface area contributed by atoms with Crippen LogP contribution in [0.5, 0.6) is 11.5 Å². The quantitative estimate of drug-likeness (QED) is 0.541. The maximum atomic E-state index is 12.5. The largest absolute Gasteiger partial charge is 0.457 e. The maximum Gasteiger partial charge on any atom is 0.223 e. The van der Waals surface area contributed by atoms with Crippen molar-refractivity contribution < 1.29 is 14.3 Å². The van der Waals surface area contributed by atoms with Crippen LogP contribution in [0, 0.1) is 17.3 Å². The number of amides is 1. The first-order chi connectivity index (χ1) is 17.1. The molecule has 6 nitrogen and oxygen atoms in total. The fourth-order valence-electron chi connectivity index (χ4n) is 6.04. The van der Waals surface area contributed by atoms with Gasteiger partial charge in [0, 0.05) is 5.92 Å². The molecule has 0 spiro atoms. The standard InChI is InChI=1S/C29H33N3O3/c33-27(31-18-23-17-30-20-32-23)26-15-21(26)9-10-28-11-13-29(14-12-28,34-19-28)22-5-4-8-25(16-22)35-24-6-2-1-3-7-24/h1-8,16,20-21,26H,9-15,17-19H2,(H,31,33)/t21-,26-,28?,29?/m1/s1. The van der Waals surface area contributed by atoms with Crippen LogP contribution in [-0.2, 0) is 15.1 Å². The van der Waals surface area contributed by atoms with E-state index in [1.807, 2.05) is 36.4 Å². The zero-order valence-corrected chi connectivity index (χ0v) is 20.1. The third-order valence-electron chi connectivity index (χ3n) is 8.48. The molecule has 35 heavy (non-hydrogen) atoms. The van der Waals surface area contributed by atoms with Gasteiger partial charge in [0.25, 0.3) is 0 Å². The van der Waals surface area contributed by atoms with E-state index in [0.29, 0.717) is 19.0 Å². The molecule has 3 heterocycles. The Balaban J connectivity index is 1.00. The second-order valence-electron chi connectivity index (χ2n) is 10.7. The number of carbonyl (C=O) groups is 1. The molecule has 2 atom stereocenters. The monoisotopic (exact) mass is 471 g/mol. The van der Waals surface area contributed by atoms with E-state index >= 15 is 0 Å². The van der Waals surface area contributed by atoms with Gasteiger partial charge >= 0.3 is 0 Å². The molecule has 2 bridgehead atoms. The first kappa shape index (κ1) is 22.5. The summed E-state index contributed by atoms with van der Waals surface area (Å²) in [5, 5.41) is 3.04. The SMILES string of the molecule is O=C(NCC1=NC=NC1)[C@@H]1C[C@H]1CCC12CCC(c3cccc(Oc4ccccc4)c3)(CC1)OC2. The van der Waals surface area contributed by atoms with Gasteiger partial charge in [0.05, 0.1) is 31.0 Å². The molecule has 0 aromatic heterocycles. The minimum Gasteiger partial charge on any atom is -0.457 e. The first-order valence-electron chi connectivity index (χ1n) is 12.9. The summed E-state index contributed by atoms with van der Waals surface area (Å²) in [7, 11) is 0. The van der Waals surface area contributed by atoms with Crippen LogP contribution < -0.4 is 10.1 Å². The molecule has 0 radical (unpaired) electrons. The molecule has 4 fully saturated rings. The van der Waals surface area contributed by atoms with Gasteiger partial charge in [0.2, 0.25) is 5.91 Å². The van der Waals surface area contributed by atoms with Gasteiger partial charge in [-0.25, -0.2) is 4.99 Å². The lowest BCUT2D eigenvalue weighted by molar-refractivity contribution is -0.192. The van der Waals surface area contributed by atoms with Gasteiger partial charge in [-0.2, -0.15) is 0 Å². The lowest BCUT2D eigenvalue weighted by Crippen LogP contribution is -2.49. The van der Waals surface area contributed by atoms with Crippen LogP contribution in [0.25, 0.3) is 0 Å². The molecular formula is C29H33N3O3. The smallest absolute Gasteiger partial charge is 0.223 e. The highest BCUT2D eigenvalue weighted by atomic mass is 16.5. The fourth-order valence-corrected chi connectivity index (χ4v) is 6.04. The van der Waals surface area contributed by atoms with Crippen molar-refractivity contribution in [1.82, 2.24) is 5.32 Å². The zero-order chi connectivity index (χ0) is 23.7. The van der Waals surface area contributed by atoms with Gasteiger partial charge in [0.15, 0.2) is 0 Å². The predicted molar refractivity (Wildman–Crippen MR) is 136 cm³/mol. The number of hydrogen-bond acceptors (Lipinski definition) is 5. The Kier molecular flexibility index (Phi) is 5.93. The maximum absolute atomic E-state index is 12.5. The minimum absolute atomic E-state index is 0.175. The number of nitrogens with one attached hydrogen (secondary N) is 1. The van der Waals surface area contributed by atoms with Crippen LogP contribution >= 0.6 is 0 Å². The lowest BCUT2D eigenvalue weighted by atomic mass is 9.62. The average Bonchev–Trinajstić information content (AvgIpc) is 3.51.